The Balaban J connectivity index is 1.72. The van der Waals surface area contributed by atoms with Gasteiger partial charge in [-0.3, -0.25) is 4.79 Å². The summed E-state index contributed by atoms with van der Waals surface area (Å²) >= 11 is 0. The Morgan fingerprint density at radius 1 is 1.12 bits per heavy atom. The number of likely N-dealkylation sites (tertiary alicyclic amines) is 1. The number of aliphatic hydroxyl groups excluding tert-OH is 1. The molecular formula is C26H41N5O2. The monoisotopic (exact) mass is 455 g/mol. The topological polar surface area (TPSA) is 83.3 Å². The van der Waals surface area contributed by atoms with Gasteiger partial charge >= 0.3 is 0 Å². The van der Waals surface area contributed by atoms with Gasteiger partial charge in [-0.2, -0.15) is 0 Å². The molecule has 4 rings (SSSR count). The van der Waals surface area contributed by atoms with Gasteiger partial charge < -0.3 is 19.9 Å². The molecule has 1 saturated carbocycles. The first-order valence-corrected chi connectivity index (χ1v) is 13.0. The molecular weight excluding hydrogens is 414 g/mol. The Bertz CT molecular complexity index is 988. The van der Waals surface area contributed by atoms with Crippen molar-refractivity contribution in [2.24, 2.45) is 0 Å². The third-order valence-electron chi connectivity index (χ3n) is 7.66. The molecule has 0 bridgehead atoms. The summed E-state index contributed by atoms with van der Waals surface area (Å²) in [4.78, 5) is 25.5. The average molecular weight is 456 g/mol. The lowest BCUT2D eigenvalue weighted by molar-refractivity contribution is 0.122. The van der Waals surface area contributed by atoms with Crippen LogP contribution in [0.4, 0.5) is 5.95 Å². The first-order chi connectivity index (χ1) is 15.9. The lowest BCUT2D eigenvalue weighted by Crippen LogP contribution is -2.41. The van der Waals surface area contributed by atoms with Crippen molar-refractivity contribution in [1.29, 1.82) is 0 Å². The molecule has 1 unspecified atom stereocenters. The highest BCUT2D eigenvalue weighted by atomic mass is 16.3. The Hall–Kier alpha value is -1.99. The molecule has 0 amide bonds. The quantitative estimate of drug-likeness (QED) is 0.642. The highest BCUT2D eigenvalue weighted by Crippen LogP contribution is 2.36. The van der Waals surface area contributed by atoms with Crippen molar-refractivity contribution < 1.29 is 5.11 Å². The molecule has 7 nitrogen and oxygen atoms in total. The molecule has 1 saturated heterocycles. The van der Waals surface area contributed by atoms with Crippen LogP contribution in [0.3, 0.4) is 0 Å². The van der Waals surface area contributed by atoms with Crippen LogP contribution in [0.25, 0.3) is 10.9 Å². The summed E-state index contributed by atoms with van der Waals surface area (Å²) in [5, 5.41) is 14.1. The van der Waals surface area contributed by atoms with Gasteiger partial charge in [0.25, 0.3) is 5.56 Å². The van der Waals surface area contributed by atoms with Gasteiger partial charge in [0.15, 0.2) is 0 Å². The zero-order chi connectivity index (χ0) is 23.5. The van der Waals surface area contributed by atoms with Gasteiger partial charge in [0.1, 0.15) is 0 Å². The molecule has 0 spiro atoms. The number of hydrogen-bond donors (Lipinski definition) is 2. The third-order valence-corrected chi connectivity index (χ3v) is 7.66. The third kappa shape index (κ3) is 5.40. The van der Waals surface area contributed by atoms with Crippen LogP contribution in [-0.4, -0.2) is 55.8 Å². The number of nitrogens with zero attached hydrogens (tertiary/aromatic N) is 4. The lowest BCUT2D eigenvalue weighted by Gasteiger charge is -2.36. The molecule has 2 fully saturated rings. The fourth-order valence-electron chi connectivity index (χ4n) is 5.60. The van der Waals surface area contributed by atoms with E-state index in [0.29, 0.717) is 23.3 Å². The zero-order valence-corrected chi connectivity index (χ0v) is 20.8. The summed E-state index contributed by atoms with van der Waals surface area (Å²) in [5.74, 6) is 0.914. The van der Waals surface area contributed by atoms with E-state index in [0.717, 1.165) is 75.5 Å². The zero-order valence-electron chi connectivity index (χ0n) is 20.8. The van der Waals surface area contributed by atoms with Crippen LogP contribution in [0.15, 0.2) is 17.2 Å². The van der Waals surface area contributed by atoms with E-state index in [9.17, 15) is 9.90 Å². The Morgan fingerprint density at radius 3 is 2.45 bits per heavy atom. The van der Waals surface area contributed by atoms with Crippen LogP contribution in [0.2, 0.25) is 0 Å². The van der Waals surface area contributed by atoms with Gasteiger partial charge in [-0.05, 0) is 77.2 Å². The number of aliphatic hydroxyl groups is 1. The summed E-state index contributed by atoms with van der Waals surface area (Å²) in [6.45, 7) is 10.8. The van der Waals surface area contributed by atoms with Crippen molar-refractivity contribution in [1.82, 2.24) is 19.4 Å². The van der Waals surface area contributed by atoms with Crippen LogP contribution >= 0.6 is 0 Å². The van der Waals surface area contributed by atoms with Crippen molar-refractivity contribution in [3.63, 3.8) is 0 Å². The van der Waals surface area contributed by atoms with Crippen LogP contribution in [0, 0.1) is 0 Å². The summed E-state index contributed by atoms with van der Waals surface area (Å²) in [7, 11) is 0. The maximum atomic E-state index is 13.6. The molecule has 0 radical (unpaired) electrons. The molecule has 2 N–H and O–H groups in total. The summed E-state index contributed by atoms with van der Waals surface area (Å²) < 4.78 is 1.98. The Kier molecular flexibility index (Phi) is 7.69. The first-order valence-electron chi connectivity index (χ1n) is 13.0. The largest absolute Gasteiger partial charge is 0.393 e. The van der Waals surface area contributed by atoms with E-state index in [1.54, 1.807) is 6.20 Å². The second-order valence-corrected chi connectivity index (χ2v) is 10.5. The van der Waals surface area contributed by atoms with E-state index in [1.807, 2.05) is 4.57 Å². The van der Waals surface area contributed by atoms with E-state index in [4.69, 9.17) is 4.98 Å². The highest BCUT2D eigenvalue weighted by molar-refractivity contribution is 5.81. The van der Waals surface area contributed by atoms with Gasteiger partial charge in [0.2, 0.25) is 5.95 Å². The summed E-state index contributed by atoms with van der Waals surface area (Å²) in [6.07, 6.45) is 11.2. The molecule has 3 heterocycles. The second kappa shape index (κ2) is 10.5. The van der Waals surface area contributed by atoms with Gasteiger partial charge in [-0.1, -0.05) is 13.3 Å². The SMILES string of the molecule is CCCC(C)Nc1ncc2c(=O)n(C3CCN(C(C)C)CC3)cc([C@H]3CC[C@H](O)CC3)c2n1. The molecule has 1 aliphatic carbocycles. The number of nitrogens with one attached hydrogen (secondary N) is 1. The smallest absolute Gasteiger partial charge is 0.261 e. The predicted octanol–water partition coefficient (Wildman–Crippen LogP) is 4.46. The van der Waals surface area contributed by atoms with Gasteiger partial charge in [0.05, 0.1) is 17.0 Å². The van der Waals surface area contributed by atoms with Crippen molar-refractivity contribution in [2.45, 2.75) is 109 Å². The second-order valence-electron chi connectivity index (χ2n) is 10.5. The van der Waals surface area contributed by atoms with Crippen molar-refractivity contribution >= 4 is 16.9 Å². The van der Waals surface area contributed by atoms with Crippen LogP contribution in [0.5, 0.6) is 0 Å². The number of anilines is 1. The fourth-order valence-corrected chi connectivity index (χ4v) is 5.60. The lowest BCUT2D eigenvalue weighted by atomic mass is 9.82. The van der Waals surface area contributed by atoms with E-state index in [2.05, 4.69) is 49.1 Å². The maximum absolute atomic E-state index is 13.6. The van der Waals surface area contributed by atoms with Gasteiger partial charge in [-0.25, -0.2) is 9.97 Å². The van der Waals surface area contributed by atoms with Crippen molar-refractivity contribution in [3.8, 4) is 0 Å². The van der Waals surface area contributed by atoms with E-state index in [1.165, 1.54) is 0 Å². The number of aromatic nitrogens is 3. The predicted molar refractivity (Wildman–Crippen MR) is 134 cm³/mol. The van der Waals surface area contributed by atoms with Gasteiger partial charge in [0, 0.05) is 43.6 Å². The molecule has 182 valence electrons. The molecule has 1 atom stereocenters. The normalized spacial score (nSPS) is 23.8. The number of rotatable bonds is 7. The van der Waals surface area contributed by atoms with Crippen LogP contribution < -0.4 is 10.9 Å². The number of pyridine rings is 1. The van der Waals surface area contributed by atoms with Crippen molar-refractivity contribution in [2.75, 3.05) is 18.4 Å². The molecule has 33 heavy (non-hydrogen) atoms. The summed E-state index contributed by atoms with van der Waals surface area (Å²) in [5.41, 5.74) is 1.97. The average Bonchev–Trinajstić information content (AvgIpc) is 2.80. The molecule has 0 aromatic carbocycles. The Labute approximate surface area is 197 Å². The molecule has 2 aliphatic rings. The molecule has 2 aromatic rings. The van der Waals surface area contributed by atoms with Gasteiger partial charge in [-0.15, -0.1) is 0 Å². The number of hydrogen-bond acceptors (Lipinski definition) is 6. The standard InChI is InChI=1S/C26H41N5O2/c1-5-6-18(4)28-26-27-15-22-24(29-26)23(19-7-9-21(32)10-8-19)16-31(25(22)33)20-11-13-30(14-12-20)17(2)3/h15-21,32H,5-14H2,1-4H3,(H,27,28,29)/t18?,19-,21-. The minimum Gasteiger partial charge on any atom is -0.393 e. The number of piperidine rings is 1. The fraction of sp³-hybridized carbons (Fsp3) is 0.731. The summed E-state index contributed by atoms with van der Waals surface area (Å²) in [6, 6.07) is 1.04. The molecule has 1 aliphatic heterocycles. The van der Waals surface area contributed by atoms with E-state index >= 15 is 0 Å². The minimum absolute atomic E-state index is 0.0285. The first kappa shape index (κ1) is 24.1. The van der Waals surface area contributed by atoms with Crippen LogP contribution in [0.1, 0.15) is 96.6 Å². The molecule has 2 aromatic heterocycles. The maximum Gasteiger partial charge on any atom is 0.261 e. The number of fused-ring (bicyclic) bond motifs is 1. The Morgan fingerprint density at radius 2 is 1.82 bits per heavy atom. The van der Waals surface area contributed by atoms with E-state index in [-0.39, 0.29) is 23.7 Å². The van der Waals surface area contributed by atoms with Crippen LogP contribution in [-0.2, 0) is 0 Å². The molecule has 7 heteroatoms. The van der Waals surface area contributed by atoms with E-state index < -0.39 is 0 Å². The van der Waals surface area contributed by atoms with Crippen molar-refractivity contribution in [3.05, 3.63) is 28.3 Å². The highest BCUT2D eigenvalue weighted by Gasteiger charge is 2.28. The minimum atomic E-state index is -0.208.